The maximum Gasteiger partial charge on any atom is 0.329 e. The SMILES string of the molecule is CCc1ccc(N2C(=O)N[C@@H](Cc3c[nH]c4ccccc34)C2=O)cc1. The second kappa shape index (κ2) is 6.09. The van der Waals surface area contributed by atoms with E-state index in [9.17, 15) is 9.59 Å². The minimum absolute atomic E-state index is 0.209. The number of fused-ring (bicyclic) bond motifs is 1. The molecule has 0 spiro atoms. The first-order valence-corrected chi connectivity index (χ1v) is 8.45. The van der Waals surface area contributed by atoms with Crippen molar-refractivity contribution in [2.45, 2.75) is 25.8 Å². The first-order chi connectivity index (χ1) is 12.2. The van der Waals surface area contributed by atoms with Crippen LogP contribution in [0.15, 0.2) is 54.7 Å². The van der Waals surface area contributed by atoms with E-state index in [2.05, 4.69) is 17.2 Å². The fraction of sp³-hybridized carbons (Fsp3) is 0.200. The van der Waals surface area contributed by atoms with E-state index in [-0.39, 0.29) is 11.9 Å². The number of carbonyl (C=O) groups is 2. The van der Waals surface area contributed by atoms with Crippen LogP contribution in [0.5, 0.6) is 0 Å². The lowest BCUT2D eigenvalue weighted by molar-refractivity contribution is -0.118. The van der Waals surface area contributed by atoms with Crippen molar-refractivity contribution < 1.29 is 9.59 Å². The number of aromatic amines is 1. The molecule has 2 aromatic carbocycles. The van der Waals surface area contributed by atoms with Crippen molar-refractivity contribution in [2.24, 2.45) is 0 Å². The van der Waals surface area contributed by atoms with Crippen LogP contribution >= 0.6 is 0 Å². The normalized spacial score (nSPS) is 17.3. The number of aromatic nitrogens is 1. The van der Waals surface area contributed by atoms with Crippen molar-refractivity contribution in [1.82, 2.24) is 10.3 Å². The van der Waals surface area contributed by atoms with Gasteiger partial charge < -0.3 is 10.3 Å². The molecule has 3 amide bonds. The molecule has 1 aromatic heterocycles. The standard InChI is InChI=1S/C20H19N3O2/c1-2-13-7-9-15(10-8-13)23-19(24)18(22-20(23)25)11-14-12-21-17-6-4-3-5-16(14)17/h3-10,12,18,21H,2,11H2,1H3,(H,22,25)/t18-/m0/s1. The van der Waals surface area contributed by atoms with Crippen molar-refractivity contribution >= 4 is 28.5 Å². The van der Waals surface area contributed by atoms with Crippen LogP contribution in [0.1, 0.15) is 18.1 Å². The van der Waals surface area contributed by atoms with Gasteiger partial charge in [0.1, 0.15) is 6.04 Å². The Labute approximate surface area is 145 Å². The Hall–Kier alpha value is -3.08. The van der Waals surface area contributed by atoms with Gasteiger partial charge in [-0.25, -0.2) is 9.69 Å². The first-order valence-electron chi connectivity index (χ1n) is 8.45. The summed E-state index contributed by atoms with van der Waals surface area (Å²) in [6.45, 7) is 2.07. The number of hydrogen-bond donors (Lipinski definition) is 2. The highest BCUT2D eigenvalue weighted by Gasteiger charge is 2.39. The van der Waals surface area contributed by atoms with Crippen LogP contribution < -0.4 is 10.2 Å². The van der Waals surface area contributed by atoms with Crippen molar-refractivity contribution in [3.63, 3.8) is 0 Å². The number of hydrogen-bond acceptors (Lipinski definition) is 2. The van der Waals surface area contributed by atoms with Gasteiger partial charge in [0.05, 0.1) is 5.69 Å². The lowest BCUT2D eigenvalue weighted by Gasteiger charge is -2.13. The molecule has 5 heteroatoms. The quantitative estimate of drug-likeness (QED) is 0.719. The summed E-state index contributed by atoms with van der Waals surface area (Å²) in [6, 6.07) is 14.6. The smallest absolute Gasteiger partial charge is 0.329 e. The van der Waals surface area contributed by atoms with Crippen LogP contribution in [-0.2, 0) is 17.6 Å². The summed E-state index contributed by atoms with van der Waals surface area (Å²) >= 11 is 0. The summed E-state index contributed by atoms with van der Waals surface area (Å²) in [5.41, 5.74) is 3.84. The summed E-state index contributed by atoms with van der Waals surface area (Å²) in [7, 11) is 0. The molecule has 1 aliphatic heterocycles. The number of H-pyrrole nitrogens is 1. The molecule has 2 heterocycles. The third-order valence-electron chi connectivity index (χ3n) is 4.72. The van der Waals surface area contributed by atoms with Gasteiger partial charge in [0.25, 0.3) is 5.91 Å². The summed E-state index contributed by atoms with van der Waals surface area (Å²) in [5.74, 6) is -0.209. The average molecular weight is 333 g/mol. The molecular formula is C20H19N3O2. The number of nitrogens with one attached hydrogen (secondary N) is 2. The summed E-state index contributed by atoms with van der Waals surface area (Å²) in [5, 5.41) is 3.89. The molecule has 126 valence electrons. The van der Waals surface area contributed by atoms with Crippen LogP contribution in [-0.4, -0.2) is 23.0 Å². The predicted octanol–water partition coefficient (Wildman–Crippen LogP) is 3.40. The van der Waals surface area contributed by atoms with Gasteiger partial charge in [-0.1, -0.05) is 37.3 Å². The molecule has 1 fully saturated rings. The van der Waals surface area contributed by atoms with Gasteiger partial charge in [-0.15, -0.1) is 0 Å². The molecule has 3 aromatic rings. The van der Waals surface area contributed by atoms with Crippen molar-refractivity contribution in [2.75, 3.05) is 4.90 Å². The Balaban J connectivity index is 1.58. The zero-order valence-electron chi connectivity index (χ0n) is 14.0. The fourth-order valence-corrected chi connectivity index (χ4v) is 3.32. The van der Waals surface area contributed by atoms with Crippen LogP contribution in [0.25, 0.3) is 10.9 Å². The highest BCUT2D eigenvalue weighted by atomic mass is 16.2. The van der Waals surface area contributed by atoms with Crippen molar-refractivity contribution in [3.8, 4) is 0 Å². The maximum absolute atomic E-state index is 12.8. The number of anilines is 1. The third-order valence-corrected chi connectivity index (χ3v) is 4.72. The van der Waals surface area contributed by atoms with Gasteiger partial charge in [0.15, 0.2) is 0 Å². The van der Waals surface area contributed by atoms with Crippen LogP contribution in [0, 0.1) is 0 Å². The maximum atomic E-state index is 12.8. The van der Waals surface area contributed by atoms with E-state index in [0.717, 1.165) is 22.9 Å². The van der Waals surface area contributed by atoms with Gasteiger partial charge in [-0.3, -0.25) is 4.79 Å². The molecule has 0 aliphatic carbocycles. The Morgan fingerprint density at radius 3 is 2.56 bits per heavy atom. The number of rotatable bonds is 4. The molecule has 1 atom stereocenters. The molecule has 5 nitrogen and oxygen atoms in total. The Morgan fingerprint density at radius 1 is 1.04 bits per heavy atom. The number of nitrogens with zero attached hydrogens (tertiary/aromatic N) is 1. The molecule has 1 aliphatic rings. The topological polar surface area (TPSA) is 65.2 Å². The summed E-state index contributed by atoms with van der Waals surface area (Å²) in [4.78, 5) is 29.5. The highest BCUT2D eigenvalue weighted by molar-refractivity contribution is 6.21. The largest absolute Gasteiger partial charge is 0.361 e. The van der Waals surface area contributed by atoms with Gasteiger partial charge in [-0.05, 0) is 35.7 Å². The van der Waals surface area contributed by atoms with Gasteiger partial charge in [0.2, 0.25) is 0 Å². The molecule has 2 N–H and O–H groups in total. The third kappa shape index (κ3) is 2.67. The predicted molar refractivity (Wildman–Crippen MR) is 97.6 cm³/mol. The lowest BCUT2D eigenvalue weighted by atomic mass is 10.0. The molecular weight excluding hydrogens is 314 g/mol. The average Bonchev–Trinajstić information content (AvgIpc) is 3.17. The number of carbonyl (C=O) groups excluding carboxylic acids is 2. The van der Waals surface area contributed by atoms with E-state index in [1.165, 1.54) is 10.5 Å². The zero-order valence-corrected chi connectivity index (χ0v) is 14.0. The molecule has 25 heavy (non-hydrogen) atoms. The number of benzene rings is 2. The van der Waals surface area contributed by atoms with Gasteiger partial charge in [-0.2, -0.15) is 0 Å². The van der Waals surface area contributed by atoms with E-state index in [4.69, 9.17) is 0 Å². The van der Waals surface area contributed by atoms with E-state index in [1.807, 2.05) is 54.7 Å². The Bertz CT molecular complexity index is 943. The first kappa shape index (κ1) is 15.4. The lowest BCUT2D eigenvalue weighted by Crippen LogP contribution is -2.32. The highest BCUT2D eigenvalue weighted by Crippen LogP contribution is 2.24. The zero-order chi connectivity index (χ0) is 17.4. The van der Waals surface area contributed by atoms with Crippen LogP contribution in [0.3, 0.4) is 0 Å². The van der Waals surface area contributed by atoms with Crippen LogP contribution in [0.2, 0.25) is 0 Å². The molecule has 1 saturated heterocycles. The van der Waals surface area contributed by atoms with E-state index in [1.54, 1.807) is 0 Å². The number of urea groups is 1. The van der Waals surface area contributed by atoms with Gasteiger partial charge >= 0.3 is 6.03 Å². The Kier molecular flexibility index (Phi) is 3.76. The number of aryl methyl sites for hydroxylation is 1. The minimum atomic E-state index is -0.544. The van der Waals surface area contributed by atoms with Crippen LogP contribution in [0.4, 0.5) is 10.5 Å². The molecule has 0 unspecified atom stereocenters. The molecule has 4 rings (SSSR count). The summed E-state index contributed by atoms with van der Waals surface area (Å²) in [6.07, 6.45) is 3.30. The van der Waals surface area contributed by atoms with Crippen molar-refractivity contribution in [3.05, 3.63) is 65.9 Å². The minimum Gasteiger partial charge on any atom is -0.361 e. The fourth-order valence-electron chi connectivity index (χ4n) is 3.32. The molecule has 0 bridgehead atoms. The number of para-hydroxylation sites is 1. The second-order valence-corrected chi connectivity index (χ2v) is 6.26. The van der Waals surface area contributed by atoms with E-state index < -0.39 is 6.04 Å². The van der Waals surface area contributed by atoms with E-state index >= 15 is 0 Å². The van der Waals surface area contributed by atoms with Gasteiger partial charge in [0, 0.05) is 23.5 Å². The number of imide groups is 1. The molecule has 0 saturated carbocycles. The number of amides is 3. The summed E-state index contributed by atoms with van der Waals surface area (Å²) < 4.78 is 0. The Morgan fingerprint density at radius 2 is 1.80 bits per heavy atom. The van der Waals surface area contributed by atoms with E-state index in [0.29, 0.717) is 12.1 Å². The van der Waals surface area contributed by atoms with Crippen molar-refractivity contribution in [1.29, 1.82) is 0 Å². The monoisotopic (exact) mass is 333 g/mol. The molecule has 0 radical (unpaired) electrons. The second-order valence-electron chi connectivity index (χ2n) is 6.26.